The van der Waals surface area contributed by atoms with Crippen molar-refractivity contribution in [2.45, 2.75) is 17.3 Å². The molecule has 0 atom stereocenters. The monoisotopic (exact) mass is 250 g/mol. The Morgan fingerprint density at radius 1 is 1.24 bits per heavy atom. The summed E-state index contributed by atoms with van der Waals surface area (Å²) < 4.78 is 13.3. The van der Waals surface area contributed by atoms with Crippen molar-refractivity contribution in [2.75, 3.05) is 0 Å². The van der Waals surface area contributed by atoms with Gasteiger partial charge in [0.25, 0.3) is 0 Å². The molecule has 1 heterocycles. The molecular formula is C12H11FN2OS. The largest absolute Gasteiger partial charge is 0.390 e. The summed E-state index contributed by atoms with van der Waals surface area (Å²) in [5.74, 6) is 0.829. The molecule has 1 aromatic carbocycles. The van der Waals surface area contributed by atoms with E-state index in [1.54, 1.807) is 30.5 Å². The molecule has 0 saturated heterocycles. The lowest BCUT2D eigenvalue weighted by Gasteiger charge is -2.03. The second kappa shape index (κ2) is 5.75. The average molecular weight is 250 g/mol. The van der Waals surface area contributed by atoms with E-state index in [0.29, 0.717) is 22.2 Å². The topological polar surface area (TPSA) is 46.0 Å². The van der Waals surface area contributed by atoms with Gasteiger partial charge in [0.1, 0.15) is 11.6 Å². The van der Waals surface area contributed by atoms with Gasteiger partial charge in [-0.3, -0.25) is 0 Å². The highest BCUT2D eigenvalue weighted by Gasteiger charge is 2.04. The number of aliphatic hydroxyl groups excluding tert-OH is 1. The second-order valence-corrected chi connectivity index (χ2v) is 4.36. The Hall–Kier alpha value is -1.46. The van der Waals surface area contributed by atoms with Crippen molar-refractivity contribution in [2.24, 2.45) is 0 Å². The first-order valence-corrected chi connectivity index (χ1v) is 6.07. The van der Waals surface area contributed by atoms with Gasteiger partial charge in [-0.25, -0.2) is 14.4 Å². The molecule has 0 fully saturated rings. The third kappa shape index (κ3) is 3.25. The van der Waals surface area contributed by atoms with E-state index in [1.165, 1.54) is 17.8 Å². The normalized spacial score (nSPS) is 10.5. The van der Waals surface area contributed by atoms with Crippen LogP contribution in [-0.2, 0) is 12.4 Å². The van der Waals surface area contributed by atoms with Crippen LogP contribution in [0.2, 0.25) is 0 Å². The summed E-state index contributed by atoms with van der Waals surface area (Å²) in [7, 11) is 0. The third-order valence-electron chi connectivity index (χ3n) is 2.12. The van der Waals surface area contributed by atoms with Crippen molar-refractivity contribution >= 4 is 11.8 Å². The van der Waals surface area contributed by atoms with Gasteiger partial charge in [-0.2, -0.15) is 0 Å². The van der Waals surface area contributed by atoms with Crippen LogP contribution in [0.4, 0.5) is 4.39 Å². The van der Waals surface area contributed by atoms with Crippen molar-refractivity contribution in [3.8, 4) is 0 Å². The summed E-state index contributed by atoms with van der Waals surface area (Å²) >= 11 is 1.34. The quantitative estimate of drug-likeness (QED) is 0.846. The predicted molar refractivity (Wildman–Crippen MR) is 63.9 cm³/mol. The molecule has 0 unspecified atom stereocenters. The van der Waals surface area contributed by atoms with E-state index in [9.17, 15) is 4.39 Å². The van der Waals surface area contributed by atoms with Crippen molar-refractivity contribution in [1.82, 2.24) is 9.97 Å². The highest BCUT2D eigenvalue weighted by Crippen LogP contribution is 2.23. The van der Waals surface area contributed by atoms with E-state index >= 15 is 0 Å². The minimum absolute atomic E-state index is 0.111. The molecule has 0 radical (unpaired) electrons. The SMILES string of the molecule is OCc1ccnc(CSc2ccccc2F)n1. The lowest BCUT2D eigenvalue weighted by atomic mass is 10.3. The smallest absolute Gasteiger partial charge is 0.138 e. The molecule has 5 heteroatoms. The van der Waals surface area contributed by atoms with Gasteiger partial charge in [-0.05, 0) is 18.2 Å². The van der Waals surface area contributed by atoms with Gasteiger partial charge in [0.05, 0.1) is 18.1 Å². The number of hydrogen-bond acceptors (Lipinski definition) is 4. The fourth-order valence-electron chi connectivity index (χ4n) is 1.30. The summed E-state index contributed by atoms with van der Waals surface area (Å²) in [5, 5.41) is 8.93. The molecule has 88 valence electrons. The Bertz CT molecular complexity index is 507. The lowest BCUT2D eigenvalue weighted by molar-refractivity contribution is 0.276. The van der Waals surface area contributed by atoms with Crippen LogP contribution in [0.15, 0.2) is 41.4 Å². The van der Waals surface area contributed by atoms with Crippen molar-refractivity contribution < 1.29 is 9.50 Å². The first kappa shape index (κ1) is 12.0. The van der Waals surface area contributed by atoms with E-state index in [4.69, 9.17) is 5.11 Å². The summed E-state index contributed by atoms with van der Waals surface area (Å²) in [4.78, 5) is 8.77. The molecule has 0 aliphatic rings. The summed E-state index contributed by atoms with van der Waals surface area (Å²) in [6.07, 6.45) is 1.59. The fraction of sp³-hybridized carbons (Fsp3) is 0.167. The van der Waals surface area contributed by atoms with Crippen LogP contribution in [0.25, 0.3) is 0 Å². The standard InChI is InChI=1S/C12H11FN2OS/c13-10-3-1-2-4-11(10)17-8-12-14-6-5-9(7-16)15-12/h1-6,16H,7-8H2. The van der Waals surface area contributed by atoms with Gasteiger partial charge in [0.15, 0.2) is 0 Å². The molecule has 1 aromatic heterocycles. The first-order chi connectivity index (χ1) is 8.29. The highest BCUT2D eigenvalue weighted by molar-refractivity contribution is 7.98. The number of benzene rings is 1. The zero-order valence-electron chi connectivity index (χ0n) is 9.01. The number of nitrogens with zero attached hydrogens (tertiary/aromatic N) is 2. The molecular weight excluding hydrogens is 239 g/mol. The van der Waals surface area contributed by atoms with E-state index < -0.39 is 0 Å². The van der Waals surface area contributed by atoms with Crippen LogP contribution in [-0.4, -0.2) is 15.1 Å². The summed E-state index contributed by atoms with van der Waals surface area (Å²) in [6, 6.07) is 8.24. The number of hydrogen-bond donors (Lipinski definition) is 1. The Labute approximate surface area is 103 Å². The fourth-order valence-corrected chi connectivity index (χ4v) is 2.11. The van der Waals surface area contributed by atoms with E-state index in [0.717, 1.165) is 0 Å². The zero-order chi connectivity index (χ0) is 12.1. The molecule has 2 aromatic rings. The van der Waals surface area contributed by atoms with Gasteiger partial charge in [0.2, 0.25) is 0 Å². The predicted octanol–water partition coefficient (Wildman–Crippen LogP) is 2.40. The number of rotatable bonds is 4. The van der Waals surface area contributed by atoms with Crippen LogP contribution in [0.5, 0.6) is 0 Å². The molecule has 0 spiro atoms. The third-order valence-corrected chi connectivity index (χ3v) is 3.16. The maximum absolute atomic E-state index is 13.3. The molecule has 0 aliphatic heterocycles. The number of aliphatic hydroxyl groups is 1. The number of thioether (sulfide) groups is 1. The molecule has 2 rings (SSSR count). The Morgan fingerprint density at radius 3 is 2.82 bits per heavy atom. The Kier molecular flexibility index (Phi) is 4.06. The van der Waals surface area contributed by atoms with Gasteiger partial charge in [-0.15, -0.1) is 11.8 Å². The summed E-state index contributed by atoms with van der Waals surface area (Å²) in [5.41, 5.74) is 0.573. The molecule has 0 aliphatic carbocycles. The first-order valence-electron chi connectivity index (χ1n) is 5.08. The molecule has 0 saturated carbocycles. The minimum atomic E-state index is -0.240. The van der Waals surface area contributed by atoms with Crippen LogP contribution in [0.1, 0.15) is 11.5 Å². The van der Waals surface area contributed by atoms with Crippen LogP contribution in [0, 0.1) is 5.82 Å². The van der Waals surface area contributed by atoms with Crippen molar-refractivity contribution in [3.05, 3.63) is 53.9 Å². The Balaban J connectivity index is 2.05. The van der Waals surface area contributed by atoms with Gasteiger partial charge in [-0.1, -0.05) is 12.1 Å². The summed E-state index contributed by atoms with van der Waals surface area (Å²) in [6.45, 7) is -0.111. The number of aromatic nitrogens is 2. The molecule has 0 amide bonds. The lowest BCUT2D eigenvalue weighted by Crippen LogP contribution is -1.97. The Morgan fingerprint density at radius 2 is 2.06 bits per heavy atom. The maximum Gasteiger partial charge on any atom is 0.138 e. The molecule has 3 nitrogen and oxygen atoms in total. The average Bonchev–Trinajstić information content (AvgIpc) is 2.38. The van der Waals surface area contributed by atoms with Gasteiger partial charge in [0, 0.05) is 11.1 Å². The van der Waals surface area contributed by atoms with Crippen LogP contribution in [0.3, 0.4) is 0 Å². The minimum Gasteiger partial charge on any atom is -0.390 e. The van der Waals surface area contributed by atoms with Gasteiger partial charge < -0.3 is 5.11 Å². The van der Waals surface area contributed by atoms with Crippen molar-refractivity contribution in [1.29, 1.82) is 0 Å². The van der Waals surface area contributed by atoms with E-state index in [-0.39, 0.29) is 12.4 Å². The van der Waals surface area contributed by atoms with E-state index in [2.05, 4.69) is 9.97 Å². The zero-order valence-corrected chi connectivity index (χ0v) is 9.82. The van der Waals surface area contributed by atoms with Gasteiger partial charge >= 0.3 is 0 Å². The molecule has 1 N–H and O–H groups in total. The van der Waals surface area contributed by atoms with Crippen LogP contribution >= 0.6 is 11.8 Å². The maximum atomic E-state index is 13.3. The number of halogens is 1. The molecule has 0 bridgehead atoms. The molecule has 17 heavy (non-hydrogen) atoms. The van der Waals surface area contributed by atoms with E-state index in [1.807, 2.05) is 0 Å². The van der Waals surface area contributed by atoms with Crippen LogP contribution < -0.4 is 0 Å². The highest BCUT2D eigenvalue weighted by atomic mass is 32.2. The second-order valence-electron chi connectivity index (χ2n) is 3.34. The van der Waals surface area contributed by atoms with Crippen molar-refractivity contribution in [3.63, 3.8) is 0 Å².